The summed E-state index contributed by atoms with van der Waals surface area (Å²) in [6.45, 7) is 11.9. The molecule has 116 valence electrons. The smallest absolute Gasteiger partial charge is 0.136 e. The molecule has 2 aromatic rings. The van der Waals surface area contributed by atoms with Gasteiger partial charge in [-0.2, -0.15) is 0 Å². The van der Waals surface area contributed by atoms with Gasteiger partial charge in [-0.25, -0.2) is 4.98 Å². The number of aryl methyl sites for hydroxylation is 1. The fourth-order valence-electron chi connectivity index (χ4n) is 2.66. The second-order valence-corrected chi connectivity index (χ2v) is 7.03. The van der Waals surface area contributed by atoms with E-state index in [-0.39, 0.29) is 12.0 Å². The predicted octanol–water partition coefficient (Wildman–Crippen LogP) is 2.87. The molecule has 0 radical (unpaired) electrons. The molecule has 0 aliphatic rings. The summed E-state index contributed by atoms with van der Waals surface area (Å²) in [4.78, 5) is 6.88. The Bertz CT molecular complexity index is 583. The van der Waals surface area contributed by atoms with Gasteiger partial charge in [0, 0.05) is 32.4 Å². The molecule has 0 spiro atoms. The number of hydrogen-bond donors (Lipinski definition) is 1. The number of imidazole rings is 1. The number of aromatic nitrogens is 2. The van der Waals surface area contributed by atoms with E-state index in [2.05, 4.69) is 60.3 Å². The summed E-state index contributed by atoms with van der Waals surface area (Å²) in [6, 6.07) is 4.14. The molecule has 0 aromatic carbocycles. The van der Waals surface area contributed by atoms with Crippen molar-refractivity contribution in [3.63, 3.8) is 0 Å². The third kappa shape index (κ3) is 4.55. The second kappa shape index (κ2) is 6.58. The summed E-state index contributed by atoms with van der Waals surface area (Å²) in [5.74, 6) is 0. The summed E-state index contributed by atoms with van der Waals surface area (Å²) < 4.78 is 2.17. The third-order valence-electron chi connectivity index (χ3n) is 3.45. The van der Waals surface area contributed by atoms with E-state index in [1.165, 1.54) is 11.3 Å². The zero-order valence-corrected chi connectivity index (χ0v) is 13.6. The average Bonchev–Trinajstić information content (AvgIpc) is 2.77. The van der Waals surface area contributed by atoms with Crippen LogP contribution in [0.2, 0.25) is 0 Å². The molecular formula is C17H27N3O. The van der Waals surface area contributed by atoms with Crippen LogP contribution in [0.4, 0.5) is 0 Å². The molecule has 21 heavy (non-hydrogen) atoms. The Morgan fingerprint density at radius 3 is 2.71 bits per heavy atom. The minimum Gasteiger partial charge on any atom is -0.396 e. The molecule has 4 heteroatoms. The molecule has 0 aliphatic carbocycles. The van der Waals surface area contributed by atoms with Crippen molar-refractivity contribution in [2.45, 2.75) is 40.7 Å². The van der Waals surface area contributed by atoms with E-state index in [1.807, 2.05) is 6.20 Å². The maximum atomic E-state index is 9.10. The summed E-state index contributed by atoms with van der Waals surface area (Å²) in [6.07, 6.45) is 4.91. The molecule has 0 amide bonds. The highest BCUT2D eigenvalue weighted by atomic mass is 16.3. The molecular weight excluding hydrogens is 262 g/mol. The molecule has 0 bridgehead atoms. The molecule has 2 heterocycles. The molecule has 0 fully saturated rings. The van der Waals surface area contributed by atoms with Gasteiger partial charge in [-0.1, -0.05) is 26.8 Å². The van der Waals surface area contributed by atoms with Crippen LogP contribution in [0.5, 0.6) is 0 Å². The number of rotatable bonds is 6. The first kappa shape index (κ1) is 16.0. The van der Waals surface area contributed by atoms with E-state index >= 15 is 0 Å². The van der Waals surface area contributed by atoms with Gasteiger partial charge in [0.2, 0.25) is 0 Å². The SMILES string of the molecule is Cc1ccc2ncc(CN(CCCO)CC(C)(C)C)n2c1. The van der Waals surface area contributed by atoms with Gasteiger partial charge in [-0.15, -0.1) is 0 Å². The number of fused-ring (bicyclic) bond motifs is 1. The van der Waals surface area contributed by atoms with Crippen LogP contribution in [0, 0.1) is 12.3 Å². The van der Waals surface area contributed by atoms with Crippen molar-refractivity contribution in [1.29, 1.82) is 0 Å². The molecule has 0 saturated carbocycles. The van der Waals surface area contributed by atoms with Crippen LogP contribution in [0.1, 0.15) is 38.4 Å². The van der Waals surface area contributed by atoms with Gasteiger partial charge < -0.3 is 9.51 Å². The van der Waals surface area contributed by atoms with Gasteiger partial charge >= 0.3 is 0 Å². The van der Waals surface area contributed by atoms with Crippen molar-refractivity contribution in [3.05, 3.63) is 35.8 Å². The Balaban J connectivity index is 2.19. The summed E-state index contributed by atoms with van der Waals surface area (Å²) in [7, 11) is 0. The molecule has 0 saturated heterocycles. The molecule has 0 atom stereocenters. The Morgan fingerprint density at radius 1 is 1.29 bits per heavy atom. The number of pyridine rings is 1. The lowest BCUT2D eigenvalue weighted by Gasteiger charge is -2.29. The molecule has 4 nitrogen and oxygen atoms in total. The molecule has 0 unspecified atom stereocenters. The van der Waals surface area contributed by atoms with Crippen LogP contribution >= 0.6 is 0 Å². The first-order valence-corrected chi connectivity index (χ1v) is 7.65. The van der Waals surface area contributed by atoms with Crippen molar-refractivity contribution in [2.75, 3.05) is 19.7 Å². The van der Waals surface area contributed by atoms with Crippen LogP contribution < -0.4 is 0 Å². The number of aliphatic hydroxyl groups excluding tert-OH is 1. The lowest BCUT2D eigenvalue weighted by atomic mass is 9.96. The first-order chi connectivity index (χ1) is 9.89. The van der Waals surface area contributed by atoms with Crippen LogP contribution in [0.25, 0.3) is 5.65 Å². The largest absolute Gasteiger partial charge is 0.396 e. The standard InChI is InChI=1S/C17H27N3O/c1-14-6-7-16-18-10-15(20(16)11-14)12-19(8-5-9-21)13-17(2,3)4/h6-7,10-11,21H,5,8-9,12-13H2,1-4H3. The van der Waals surface area contributed by atoms with Crippen LogP contribution in [0.15, 0.2) is 24.5 Å². The zero-order valence-electron chi connectivity index (χ0n) is 13.6. The quantitative estimate of drug-likeness (QED) is 0.889. The van der Waals surface area contributed by atoms with Crippen molar-refractivity contribution in [3.8, 4) is 0 Å². The number of nitrogens with zero attached hydrogens (tertiary/aromatic N) is 3. The highest BCUT2D eigenvalue weighted by Crippen LogP contribution is 2.18. The van der Waals surface area contributed by atoms with Crippen LogP contribution in [-0.2, 0) is 6.54 Å². The highest BCUT2D eigenvalue weighted by molar-refractivity contribution is 5.41. The average molecular weight is 289 g/mol. The van der Waals surface area contributed by atoms with Gasteiger partial charge in [0.25, 0.3) is 0 Å². The molecule has 0 aliphatic heterocycles. The topological polar surface area (TPSA) is 40.8 Å². The predicted molar refractivity (Wildman–Crippen MR) is 86.4 cm³/mol. The van der Waals surface area contributed by atoms with Crippen molar-refractivity contribution >= 4 is 5.65 Å². The Morgan fingerprint density at radius 2 is 2.05 bits per heavy atom. The first-order valence-electron chi connectivity index (χ1n) is 7.65. The second-order valence-electron chi connectivity index (χ2n) is 7.03. The summed E-state index contributed by atoms with van der Waals surface area (Å²) in [5, 5.41) is 9.10. The van der Waals surface area contributed by atoms with E-state index in [0.29, 0.717) is 0 Å². The monoisotopic (exact) mass is 289 g/mol. The fourth-order valence-corrected chi connectivity index (χ4v) is 2.66. The molecule has 2 rings (SSSR count). The van der Waals surface area contributed by atoms with E-state index in [4.69, 9.17) is 5.11 Å². The van der Waals surface area contributed by atoms with Gasteiger partial charge in [0.1, 0.15) is 5.65 Å². The van der Waals surface area contributed by atoms with Crippen LogP contribution in [-0.4, -0.2) is 39.1 Å². The van der Waals surface area contributed by atoms with Crippen molar-refractivity contribution in [1.82, 2.24) is 14.3 Å². The van der Waals surface area contributed by atoms with E-state index < -0.39 is 0 Å². The van der Waals surface area contributed by atoms with Gasteiger partial charge in [-0.3, -0.25) is 4.90 Å². The number of aliphatic hydroxyl groups is 1. The minimum absolute atomic E-state index is 0.242. The lowest BCUT2D eigenvalue weighted by molar-refractivity contribution is 0.164. The summed E-state index contributed by atoms with van der Waals surface area (Å²) in [5.41, 5.74) is 3.68. The van der Waals surface area contributed by atoms with E-state index in [0.717, 1.165) is 31.7 Å². The molecule has 1 N–H and O–H groups in total. The van der Waals surface area contributed by atoms with Gasteiger partial charge in [-0.05, 0) is 30.4 Å². The zero-order chi connectivity index (χ0) is 15.5. The minimum atomic E-state index is 0.242. The highest BCUT2D eigenvalue weighted by Gasteiger charge is 2.17. The van der Waals surface area contributed by atoms with Crippen LogP contribution in [0.3, 0.4) is 0 Å². The lowest BCUT2D eigenvalue weighted by Crippen LogP contribution is -2.33. The maximum absolute atomic E-state index is 9.10. The Kier molecular flexibility index (Phi) is 5.01. The Labute approximate surface area is 127 Å². The van der Waals surface area contributed by atoms with E-state index in [9.17, 15) is 0 Å². The van der Waals surface area contributed by atoms with Crippen molar-refractivity contribution < 1.29 is 5.11 Å². The fraction of sp³-hybridized carbons (Fsp3) is 0.588. The number of hydrogen-bond acceptors (Lipinski definition) is 3. The normalized spacial score (nSPS) is 12.5. The third-order valence-corrected chi connectivity index (χ3v) is 3.45. The van der Waals surface area contributed by atoms with Gasteiger partial charge in [0.05, 0.1) is 11.9 Å². The van der Waals surface area contributed by atoms with Crippen molar-refractivity contribution in [2.24, 2.45) is 5.41 Å². The van der Waals surface area contributed by atoms with E-state index in [1.54, 1.807) is 0 Å². The van der Waals surface area contributed by atoms with Gasteiger partial charge in [0.15, 0.2) is 0 Å². The molecule has 2 aromatic heterocycles. The maximum Gasteiger partial charge on any atom is 0.136 e. The Hall–Kier alpha value is -1.39. The summed E-state index contributed by atoms with van der Waals surface area (Å²) >= 11 is 0.